The molecule has 0 aliphatic carbocycles. The van der Waals surface area contributed by atoms with Gasteiger partial charge in [0.1, 0.15) is 5.82 Å². The molecule has 2 N–H and O–H groups in total. The summed E-state index contributed by atoms with van der Waals surface area (Å²) in [5, 5.41) is 10.7. The molecule has 128 valence electrons. The van der Waals surface area contributed by atoms with E-state index < -0.39 is 0 Å². The van der Waals surface area contributed by atoms with E-state index in [2.05, 4.69) is 25.7 Å². The first-order chi connectivity index (χ1) is 12.0. The molecule has 0 unspecified atom stereocenters. The van der Waals surface area contributed by atoms with E-state index >= 15 is 0 Å². The lowest BCUT2D eigenvalue weighted by atomic mass is 10.3. The molecule has 0 saturated heterocycles. The number of hydrogen-bond acceptors (Lipinski definition) is 5. The zero-order valence-corrected chi connectivity index (χ0v) is 14.6. The lowest BCUT2D eigenvalue weighted by Gasteiger charge is -2.09. The fourth-order valence-corrected chi connectivity index (χ4v) is 2.44. The lowest BCUT2D eigenvalue weighted by molar-refractivity contribution is -0.114. The van der Waals surface area contributed by atoms with Crippen molar-refractivity contribution < 1.29 is 4.79 Å². The Kier molecular flexibility index (Phi) is 4.95. The van der Waals surface area contributed by atoms with E-state index in [0.29, 0.717) is 22.3 Å². The third-order valence-electron chi connectivity index (χ3n) is 3.41. The van der Waals surface area contributed by atoms with E-state index in [4.69, 9.17) is 11.6 Å². The van der Waals surface area contributed by atoms with Crippen molar-refractivity contribution in [3.8, 4) is 5.82 Å². The number of aromatic nitrogens is 4. The number of carbonyl (C=O) groups is 1. The Morgan fingerprint density at radius 1 is 1.20 bits per heavy atom. The highest BCUT2D eigenvalue weighted by Crippen LogP contribution is 2.14. The molecule has 0 saturated carbocycles. The van der Waals surface area contributed by atoms with Gasteiger partial charge in [0.05, 0.1) is 24.6 Å². The maximum absolute atomic E-state index is 12.0. The summed E-state index contributed by atoms with van der Waals surface area (Å²) >= 11 is 5.82. The fraction of sp³-hybridized carbons (Fsp3) is 0.176. The van der Waals surface area contributed by atoms with Crippen molar-refractivity contribution >= 4 is 29.0 Å². The van der Waals surface area contributed by atoms with Crippen LogP contribution in [-0.4, -0.2) is 32.2 Å². The van der Waals surface area contributed by atoms with Gasteiger partial charge in [-0.25, -0.2) is 9.67 Å². The predicted molar refractivity (Wildman–Crippen MR) is 97.2 cm³/mol. The van der Waals surface area contributed by atoms with Gasteiger partial charge in [-0.3, -0.25) is 9.78 Å². The number of nitrogens with zero attached hydrogens (tertiary/aromatic N) is 4. The van der Waals surface area contributed by atoms with Gasteiger partial charge in [-0.05, 0) is 44.2 Å². The number of carbonyl (C=O) groups excluding carboxylic acids is 1. The molecule has 0 fully saturated rings. The van der Waals surface area contributed by atoms with Gasteiger partial charge in [-0.15, -0.1) is 0 Å². The van der Waals surface area contributed by atoms with Crippen molar-refractivity contribution in [2.24, 2.45) is 0 Å². The molecule has 0 spiro atoms. The lowest BCUT2D eigenvalue weighted by Crippen LogP contribution is -2.22. The second-order valence-corrected chi connectivity index (χ2v) is 5.95. The van der Waals surface area contributed by atoms with Crippen molar-refractivity contribution in [1.29, 1.82) is 0 Å². The number of aryl methyl sites for hydroxylation is 2. The van der Waals surface area contributed by atoms with Gasteiger partial charge in [0, 0.05) is 16.4 Å². The molecule has 0 radical (unpaired) electrons. The molecule has 1 amide bonds. The smallest absolute Gasteiger partial charge is 0.243 e. The molecule has 0 bridgehead atoms. The summed E-state index contributed by atoms with van der Waals surface area (Å²) in [4.78, 5) is 20.6. The monoisotopic (exact) mass is 356 g/mol. The molecule has 3 rings (SSSR count). The Morgan fingerprint density at radius 2 is 1.96 bits per heavy atom. The molecule has 8 heteroatoms. The first-order valence-electron chi connectivity index (χ1n) is 7.66. The van der Waals surface area contributed by atoms with Gasteiger partial charge in [0.2, 0.25) is 5.91 Å². The van der Waals surface area contributed by atoms with E-state index in [-0.39, 0.29) is 12.5 Å². The maximum Gasteiger partial charge on any atom is 0.243 e. The van der Waals surface area contributed by atoms with E-state index in [0.717, 1.165) is 11.4 Å². The highest BCUT2D eigenvalue weighted by Gasteiger charge is 2.08. The molecule has 3 aromatic rings. The van der Waals surface area contributed by atoms with Gasteiger partial charge in [-0.1, -0.05) is 11.6 Å². The Bertz CT molecular complexity index is 890. The number of halogens is 1. The molecule has 0 aliphatic rings. The van der Waals surface area contributed by atoms with Crippen LogP contribution in [0.3, 0.4) is 0 Å². The van der Waals surface area contributed by atoms with Crippen LogP contribution in [0, 0.1) is 13.8 Å². The van der Waals surface area contributed by atoms with Crippen LogP contribution in [0.4, 0.5) is 11.5 Å². The first kappa shape index (κ1) is 16.9. The van der Waals surface area contributed by atoms with Crippen molar-refractivity contribution in [3.63, 3.8) is 0 Å². The van der Waals surface area contributed by atoms with Crippen molar-refractivity contribution in [2.45, 2.75) is 13.8 Å². The number of anilines is 2. The zero-order valence-electron chi connectivity index (χ0n) is 13.8. The van der Waals surface area contributed by atoms with Crippen LogP contribution in [0.2, 0.25) is 5.02 Å². The summed E-state index contributed by atoms with van der Waals surface area (Å²) < 4.78 is 1.71. The number of benzene rings is 1. The largest absolute Gasteiger partial charge is 0.360 e. The van der Waals surface area contributed by atoms with Crippen LogP contribution in [0.5, 0.6) is 0 Å². The van der Waals surface area contributed by atoms with Gasteiger partial charge in [-0.2, -0.15) is 5.10 Å². The topological polar surface area (TPSA) is 84.7 Å². The van der Waals surface area contributed by atoms with Crippen LogP contribution in [0.15, 0.2) is 42.7 Å². The molecule has 25 heavy (non-hydrogen) atoms. The molecule has 2 heterocycles. The van der Waals surface area contributed by atoms with Gasteiger partial charge in [0.15, 0.2) is 5.82 Å². The van der Waals surface area contributed by atoms with Gasteiger partial charge >= 0.3 is 0 Å². The number of amides is 1. The average Bonchev–Trinajstić information content (AvgIpc) is 2.94. The summed E-state index contributed by atoms with van der Waals surface area (Å²) in [5.74, 6) is 0.894. The van der Waals surface area contributed by atoms with E-state index in [1.165, 1.54) is 0 Å². The number of rotatable bonds is 5. The van der Waals surface area contributed by atoms with Crippen LogP contribution in [0.1, 0.15) is 11.4 Å². The van der Waals surface area contributed by atoms with Crippen LogP contribution >= 0.6 is 11.6 Å². The summed E-state index contributed by atoms with van der Waals surface area (Å²) in [5.41, 5.74) is 2.54. The summed E-state index contributed by atoms with van der Waals surface area (Å²) in [6.45, 7) is 3.93. The normalized spacial score (nSPS) is 10.5. The van der Waals surface area contributed by atoms with Crippen molar-refractivity contribution in [3.05, 3.63) is 59.1 Å². The van der Waals surface area contributed by atoms with E-state index in [9.17, 15) is 4.79 Å². The minimum Gasteiger partial charge on any atom is -0.360 e. The average molecular weight is 357 g/mol. The summed E-state index contributed by atoms with van der Waals surface area (Å²) in [7, 11) is 0. The van der Waals surface area contributed by atoms with Crippen LogP contribution in [0.25, 0.3) is 5.82 Å². The second-order valence-electron chi connectivity index (χ2n) is 5.51. The molecule has 7 nitrogen and oxygen atoms in total. The molecule has 0 atom stereocenters. The molecular formula is C17H17ClN6O. The van der Waals surface area contributed by atoms with Crippen molar-refractivity contribution in [2.75, 3.05) is 17.2 Å². The third-order valence-corrected chi connectivity index (χ3v) is 3.66. The standard InChI is InChI=1S/C17H17ClN6O/c1-11-7-12(2)24(23-11)16-9-19-8-15(22-16)20-10-17(25)21-14-5-3-13(18)4-6-14/h3-9H,10H2,1-2H3,(H,20,22)(H,21,25). The Balaban J connectivity index is 1.63. The van der Waals surface area contributed by atoms with Gasteiger partial charge in [0.25, 0.3) is 0 Å². The maximum atomic E-state index is 12.0. The Labute approximate surface area is 150 Å². The molecule has 2 aromatic heterocycles. The minimum atomic E-state index is -0.194. The quantitative estimate of drug-likeness (QED) is 0.734. The van der Waals surface area contributed by atoms with Crippen LogP contribution in [-0.2, 0) is 4.79 Å². The third kappa shape index (κ3) is 4.33. The van der Waals surface area contributed by atoms with Crippen molar-refractivity contribution in [1.82, 2.24) is 19.7 Å². The SMILES string of the molecule is Cc1cc(C)n(-c2cncc(NCC(=O)Nc3ccc(Cl)cc3)n2)n1. The summed E-state index contributed by atoms with van der Waals surface area (Å²) in [6.07, 6.45) is 3.18. The molecule has 0 aliphatic heterocycles. The number of nitrogens with one attached hydrogen (secondary N) is 2. The highest BCUT2D eigenvalue weighted by atomic mass is 35.5. The highest BCUT2D eigenvalue weighted by molar-refractivity contribution is 6.30. The zero-order chi connectivity index (χ0) is 17.8. The first-order valence-corrected chi connectivity index (χ1v) is 8.04. The molecular weight excluding hydrogens is 340 g/mol. The van der Waals surface area contributed by atoms with E-state index in [1.54, 1.807) is 41.3 Å². The van der Waals surface area contributed by atoms with Crippen LogP contribution < -0.4 is 10.6 Å². The number of hydrogen-bond donors (Lipinski definition) is 2. The Morgan fingerprint density at radius 3 is 2.64 bits per heavy atom. The Hall–Kier alpha value is -2.93. The fourth-order valence-electron chi connectivity index (χ4n) is 2.31. The minimum absolute atomic E-state index is 0.0673. The predicted octanol–water partition coefficient (Wildman–Crippen LogP) is 2.98. The van der Waals surface area contributed by atoms with Gasteiger partial charge < -0.3 is 10.6 Å². The molecule has 1 aromatic carbocycles. The van der Waals surface area contributed by atoms with E-state index in [1.807, 2.05) is 19.9 Å². The second kappa shape index (κ2) is 7.31. The summed E-state index contributed by atoms with van der Waals surface area (Å²) in [6, 6.07) is 8.87.